The van der Waals surface area contributed by atoms with Gasteiger partial charge in [0.1, 0.15) is 6.54 Å². The van der Waals surface area contributed by atoms with Crippen molar-refractivity contribution in [2.45, 2.75) is 32.7 Å². The Labute approximate surface area is 112 Å². The van der Waals surface area contributed by atoms with Crippen LogP contribution >= 0.6 is 0 Å². The van der Waals surface area contributed by atoms with Gasteiger partial charge in [-0.05, 0) is 29.9 Å². The van der Waals surface area contributed by atoms with Crippen molar-refractivity contribution in [1.29, 1.82) is 0 Å². The molecule has 0 spiro atoms. The molecule has 0 saturated heterocycles. The van der Waals surface area contributed by atoms with Crippen LogP contribution in [0.4, 0.5) is 5.69 Å². The minimum atomic E-state index is -0.112. The molecule has 3 rings (SSSR count). The molecular weight excluding hydrogens is 240 g/mol. The lowest BCUT2D eigenvalue weighted by molar-refractivity contribution is -0.136. The van der Waals surface area contributed by atoms with Crippen LogP contribution in [0.25, 0.3) is 0 Å². The molecule has 1 aliphatic carbocycles. The first kappa shape index (κ1) is 12.2. The third kappa shape index (κ3) is 2.62. The number of para-hydroxylation sites is 1. The predicted molar refractivity (Wildman–Crippen MR) is 72.4 cm³/mol. The van der Waals surface area contributed by atoms with E-state index in [0.717, 1.165) is 24.1 Å². The molecule has 2 amide bonds. The first-order valence-electron chi connectivity index (χ1n) is 6.71. The van der Waals surface area contributed by atoms with Gasteiger partial charge in [-0.25, -0.2) is 0 Å². The number of benzene rings is 1. The van der Waals surface area contributed by atoms with E-state index in [1.807, 2.05) is 24.3 Å². The third-order valence-corrected chi connectivity index (χ3v) is 4.02. The van der Waals surface area contributed by atoms with Crippen molar-refractivity contribution in [3.8, 4) is 0 Å². The van der Waals surface area contributed by atoms with Crippen LogP contribution in [0, 0.1) is 5.41 Å². The number of anilines is 1. The quantitative estimate of drug-likeness (QED) is 0.883. The van der Waals surface area contributed by atoms with Gasteiger partial charge in [-0.2, -0.15) is 0 Å². The standard InChI is InChI=1S/C15H18N2O2/c1-15(6-7-15)8-14(19)17-9-11-4-2-3-5-12(11)16-13(18)10-17/h2-5H,6-10H2,1H3,(H,16,18). The maximum absolute atomic E-state index is 12.3. The molecule has 19 heavy (non-hydrogen) atoms. The number of nitrogens with one attached hydrogen (secondary N) is 1. The fourth-order valence-electron chi connectivity index (χ4n) is 2.45. The third-order valence-electron chi connectivity index (χ3n) is 4.02. The summed E-state index contributed by atoms with van der Waals surface area (Å²) in [5.41, 5.74) is 2.00. The van der Waals surface area contributed by atoms with Gasteiger partial charge < -0.3 is 10.2 Å². The van der Waals surface area contributed by atoms with Gasteiger partial charge in [0.2, 0.25) is 11.8 Å². The zero-order valence-corrected chi connectivity index (χ0v) is 11.1. The number of amides is 2. The number of rotatable bonds is 2. The molecular formula is C15H18N2O2. The number of hydrogen-bond donors (Lipinski definition) is 1. The topological polar surface area (TPSA) is 49.4 Å². The monoisotopic (exact) mass is 258 g/mol. The molecule has 1 saturated carbocycles. The minimum Gasteiger partial charge on any atom is -0.329 e. The smallest absolute Gasteiger partial charge is 0.244 e. The van der Waals surface area contributed by atoms with Gasteiger partial charge in [-0.1, -0.05) is 25.1 Å². The van der Waals surface area contributed by atoms with Crippen molar-refractivity contribution >= 4 is 17.5 Å². The van der Waals surface area contributed by atoms with E-state index >= 15 is 0 Å². The molecule has 1 N–H and O–H groups in total. The first-order valence-corrected chi connectivity index (χ1v) is 6.71. The molecule has 1 fully saturated rings. The SMILES string of the molecule is CC1(CC(=O)N2CC(=O)Nc3ccccc3C2)CC1. The predicted octanol–water partition coefficient (Wildman–Crippen LogP) is 2.16. The number of nitrogens with zero attached hydrogens (tertiary/aromatic N) is 1. The van der Waals surface area contributed by atoms with E-state index in [0.29, 0.717) is 13.0 Å². The molecule has 100 valence electrons. The van der Waals surface area contributed by atoms with Gasteiger partial charge in [0.25, 0.3) is 0 Å². The summed E-state index contributed by atoms with van der Waals surface area (Å²) in [5, 5.41) is 2.85. The number of fused-ring (bicyclic) bond motifs is 1. The summed E-state index contributed by atoms with van der Waals surface area (Å²) in [6.07, 6.45) is 2.80. The van der Waals surface area contributed by atoms with Crippen LogP contribution in [0.3, 0.4) is 0 Å². The second-order valence-electron chi connectivity index (χ2n) is 5.94. The lowest BCUT2D eigenvalue weighted by Gasteiger charge is -2.21. The second-order valence-corrected chi connectivity index (χ2v) is 5.94. The van der Waals surface area contributed by atoms with Gasteiger partial charge >= 0.3 is 0 Å². The van der Waals surface area contributed by atoms with E-state index in [1.165, 1.54) is 0 Å². The Bertz CT molecular complexity index is 535. The molecule has 1 aromatic rings. The molecule has 1 heterocycles. The van der Waals surface area contributed by atoms with Crippen LogP contribution in [0.2, 0.25) is 0 Å². The van der Waals surface area contributed by atoms with Crippen LogP contribution in [-0.2, 0) is 16.1 Å². The Morgan fingerprint density at radius 3 is 2.79 bits per heavy atom. The highest BCUT2D eigenvalue weighted by molar-refractivity contribution is 5.96. The largest absolute Gasteiger partial charge is 0.329 e. The fourth-order valence-corrected chi connectivity index (χ4v) is 2.45. The van der Waals surface area contributed by atoms with Crippen LogP contribution in [0.5, 0.6) is 0 Å². The van der Waals surface area contributed by atoms with E-state index < -0.39 is 0 Å². The van der Waals surface area contributed by atoms with Gasteiger partial charge in [0, 0.05) is 18.7 Å². The van der Waals surface area contributed by atoms with Crippen molar-refractivity contribution in [3.63, 3.8) is 0 Å². The molecule has 0 atom stereocenters. The van der Waals surface area contributed by atoms with E-state index in [9.17, 15) is 9.59 Å². The van der Waals surface area contributed by atoms with Crippen LogP contribution in [-0.4, -0.2) is 23.3 Å². The van der Waals surface area contributed by atoms with Gasteiger partial charge in [0.05, 0.1) is 0 Å². The Balaban J connectivity index is 1.79. The van der Waals surface area contributed by atoms with E-state index in [4.69, 9.17) is 0 Å². The number of carbonyl (C=O) groups excluding carboxylic acids is 2. The summed E-state index contributed by atoms with van der Waals surface area (Å²) in [6.45, 7) is 2.81. The van der Waals surface area contributed by atoms with Crippen molar-refractivity contribution in [2.24, 2.45) is 5.41 Å². The highest BCUT2D eigenvalue weighted by Crippen LogP contribution is 2.48. The lowest BCUT2D eigenvalue weighted by atomic mass is 10.0. The highest BCUT2D eigenvalue weighted by Gasteiger charge is 2.40. The summed E-state index contributed by atoms with van der Waals surface area (Å²) in [7, 11) is 0. The molecule has 0 radical (unpaired) electrons. The molecule has 0 bridgehead atoms. The van der Waals surface area contributed by atoms with Crippen molar-refractivity contribution in [1.82, 2.24) is 4.90 Å². The summed E-state index contributed by atoms with van der Waals surface area (Å²) in [4.78, 5) is 25.8. The van der Waals surface area contributed by atoms with Crippen molar-refractivity contribution in [3.05, 3.63) is 29.8 Å². The van der Waals surface area contributed by atoms with Crippen LogP contribution < -0.4 is 5.32 Å². The summed E-state index contributed by atoms with van der Waals surface area (Å²) >= 11 is 0. The Morgan fingerprint density at radius 2 is 2.05 bits per heavy atom. The number of carbonyl (C=O) groups is 2. The summed E-state index contributed by atoms with van der Waals surface area (Å²) < 4.78 is 0. The fraction of sp³-hybridized carbons (Fsp3) is 0.467. The average molecular weight is 258 g/mol. The van der Waals surface area contributed by atoms with E-state index in [2.05, 4.69) is 12.2 Å². The molecule has 4 heteroatoms. The minimum absolute atomic E-state index is 0.0897. The molecule has 0 aromatic heterocycles. The van der Waals surface area contributed by atoms with Crippen LogP contribution in [0.15, 0.2) is 24.3 Å². The van der Waals surface area contributed by atoms with Crippen molar-refractivity contribution in [2.75, 3.05) is 11.9 Å². The zero-order chi connectivity index (χ0) is 13.5. The van der Waals surface area contributed by atoms with Gasteiger partial charge in [0.15, 0.2) is 0 Å². The van der Waals surface area contributed by atoms with Crippen molar-refractivity contribution < 1.29 is 9.59 Å². The molecule has 0 unspecified atom stereocenters. The van der Waals surface area contributed by atoms with Gasteiger partial charge in [-0.3, -0.25) is 9.59 Å². The second kappa shape index (κ2) is 4.37. The molecule has 4 nitrogen and oxygen atoms in total. The normalized spacial score (nSPS) is 20.3. The Hall–Kier alpha value is -1.84. The highest BCUT2D eigenvalue weighted by atomic mass is 16.2. The summed E-state index contributed by atoms with van der Waals surface area (Å²) in [6, 6.07) is 7.66. The zero-order valence-electron chi connectivity index (χ0n) is 11.1. The number of hydrogen-bond acceptors (Lipinski definition) is 2. The maximum atomic E-state index is 12.3. The van der Waals surface area contributed by atoms with Gasteiger partial charge in [-0.15, -0.1) is 0 Å². The Kier molecular flexibility index (Phi) is 2.81. The first-order chi connectivity index (χ1) is 9.06. The Morgan fingerprint density at radius 1 is 1.32 bits per heavy atom. The lowest BCUT2D eigenvalue weighted by Crippen LogP contribution is -2.36. The van der Waals surface area contributed by atoms with Crippen LogP contribution in [0.1, 0.15) is 31.7 Å². The average Bonchev–Trinajstić information content (AvgIpc) is 3.10. The maximum Gasteiger partial charge on any atom is 0.244 e. The summed E-state index contributed by atoms with van der Waals surface area (Å²) in [5.74, 6) is -0.0221. The van der Waals surface area contributed by atoms with E-state index in [1.54, 1.807) is 4.90 Å². The van der Waals surface area contributed by atoms with E-state index in [-0.39, 0.29) is 23.8 Å². The molecule has 1 aromatic carbocycles. The molecule has 1 aliphatic heterocycles. The molecule has 2 aliphatic rings.